The lowest BCUT2D eigenvalue weighted by Crippen LogP contribution is -2.22. The predicted octanol–water partition coefficient (Wildman–Crippen LogP) is 4.59. The quantitative estimate of drug-likeness (QED) is 0.455. The van der Waals surface area contributed by atoms with Gasteiger partial charge in [0.2, 0.25) is 0 Å². The molecule has 7 nitrogen and oxygen atoms in total. The third-order valence-corrected chi connectivity index (χ3v) is 6.63. The van der Waals surface area contributed by atoms with Crippen molar-refractivity contribution >= 4 is 27.3 Å². The first kappa shape index (κ1) is 24.3. The van der Waals surface area contributed by atoms with Gasteiger partial charge in [-0.2, -0.15) is 0 Å². The van der Waals surface area contributed by atoms with Crippen LogP contribution in [0.2, 0.25) is 0 Å². The van der Waals surface area contributed by atoms with Gasteiger partial charge in [0.1, 0.15) is 5.75 Å². The highest BCUT2D eigenvalue weighted by molar-refractivity contribution is 7.92. The molecular weight excluding hydrogens is 438 g/mol. The van der Waals surface area contributed by atoms with Crippen molar-refractivity contribution < 1.29 is 17.9 Å². The molecule has 0 saturated carbocycles. The zero-order valence-corrected chi connectivity index (χ0v) is 19.9. The lowest BCUT2D eigenvalue weighted by molar-refractivity contribution is 0.102. The summed E-state index contributed by atoms with van der Waals surface area (Å²) in [6, 6.07) is 20.3. The molecule has 0 saturated heterocycles. The van der Waals surface area contributed by atoms with Crippen LogP contribution >= 0.6 is 0 Å². The summed E-state index contributed by atoms with van der Waals surface area (Å²) >= 11 is 0. The molecule has 0 heterocycles. The minimum atomic E-state index is -3.88. The van der Waals surface area contributed by atoms with Crippen molar-refractivity contribution in [3.8, 4) is 5.75 Å². The van der Waals surface area contributed by atoms with Crippen molar-refractivity contribution in [2.45, 2.75) is 25.3 Å². The van der Waals surface area contributed by atoms with Gasteiger partial charge in [-0.05, 0) is 61.1 Å². The van der Waals surface area contributed by atoms with Crippen molar-refractivity contribution in [3.05, 3.63) is 83.9 Å². The zero-order chi connectivity index (χ0) is 23.8. The van der Waals surface area contributed by atoms with Crippen molar-refractivity contribution in [1.29, 1.82) is 0 Å². The molecule has 33 heavy (non-hydrogen) atoms. The van der Waals surface area contributed by atoms with Crippen molar-refractivity contribution in [2.24, 2.45) is 0 Å². The van der Waals surface area contributed by atoms with E-state index >= 15 is 0 Å². The van der Waals surface area contributed by atoms with Gasteiger partial charge in [0.05, 0.1) is 17.7 Å². The highest BCUT2D eigenvalue weighted by atomic mass is 32.2. The summed E-state index contributed by atoms with van der Waals surface area (Å²) in [6.45, 7) is 6.98. The molecule has 0 bridgehead atoms. The number of ether oxygens (including phenoxy) is 1. The number of amides is 1. The number of carbonyl (C=O) groups is 1. The Morgan fingerprint density at radius 3 is 2.30 bits per heavy atom. The molecule has 8 heteroatoms. The summed E-state index contributed by atoms with van der Waals surface area (Å²) in [7, 11) is -2.41. The third-order valence-electron chi connectivity index (χ3n) is 5.27. The fourth-order valence-electron chi connectivity index (χ4n) is 3.34. The molecule has 0 fully saturated rings. The molecule has 1 amide bonds. The molecule has 2 N–H and O–H groups in total. The summed E-state index contributed by atoms with van der Waals surface area (Å²) in [5, 5.41) is 2.77. The number of para-hydroxylation sites is 2. The van der Waals surface area contributed by atoms with Crippen molar-refractivity contribution in [3.63, 3.8) is 0 Å². The number of methoxy groups -OCH3 is 1. The summed E-state index contributed by atoms with van der Waals surface area (Å²) in [5.41, 5.74) is 2.35. The van der Waals surface area contributed by atoms with E-state index in [1.165, 1.54) is 19.2 Å². The monoisotopic (exact) mass is 467 g/mol. The lowest BCUT2D eigenvalue weighted by Gasteiger charge is -2.18. The molecular formula is C25H29N3O4S. The van der Waals surface area contributed by atoms with Crippen molar-refractivity contribution in [1.82, 2.24) is 4.90 Å². The highest BCUT2D eigenvalue weighted by Gasteiger charge is 2.17. The molecule has 0 aliphatic carbocycles. The van der Waals surface area contributed by atoms with E-state index in [0.29, 0.717) is 22.7 Å². The highest BCUT2D eigenvalue weighted by Crippen LogP contribution is 2.27. The van der Waals surface area contributed by atoms with Gasteiger partial charge in [0.15, 0.2) is 0 Å². The smallest absolute Gasteiger partial charge is 0.262 e. The van der Waals surface area contributed by atoms with E-state index in [4.69, 9.17) is 4.74 Å². The van der Waals surface area contributed by atoms with Crippen LogP contribution in [0, 0.1) is 0 Å². The number of hydrogen-bond acceptors (Lipinski definition) is 5. The number of anilines is 2. The van der Waals surface area contributed by atoms with Crippen LogP contribution in [-0.2, 0) is 16.6 Å². The van der Waals surface area contributed by atoms with Gasteiger partial charge < -0.3 is 10.1 Å². The Labute approximate surface area is 195 Å². The predicted molar refractivity (Wildman–Crippen MR) is 131 cm³/mol. The van der Waals surface area contributed by atoms with E-state index in [0.717, 1.165) is 25.2 Å². The van der Waals surface area contributed by atoms with Gasteiger partial charge >= 0.3 is 0 Å². The van der Waals surface area contributed by atoms with Gasteiger partial charge in [-0.1, -0.05) is 44.2 Å². The van der Waals surface area contributed by atoms with E-state index in [2.05, 4.69) is 28.8 Å². The molecule has 3 aromatic carbocycles. The summed E-state index contributed by atoms with van der Waals surface area (Å²) in [4.78, 5) is 15.0. The zero-order valence-electron chi connectivity index (χ0n) is 19.0. The van der Waals surface area contributed by atoms with Crippen LogP contribution < -0.4 is 14.8 Å². The minimum Gasteiger partial charge on any atom is -0.495 e. The lowest BCUT2D eigenvalue weighted by atomic mass is 10.1. The van der Waals surface area contributed by atoms with E-state index < -0.39 is 10.0 Å². The first-order valence-corrected chi connectivity index (χ1v) is 12.2. The van der Waals surface area contributed by atoms with E-state index in [9.17, 15) is 13.2 Å². The number of sulfonamides is 1. The first-order valence-electron chi connectivity index (χ1n) is 10.7. The number of nitrogens with one attached hydrogen (secondary N) is 2. The number of hydrogen-bond donors (Lipinski definition) is 2. The summed E-state index contributed by atoms with van der Waals surface area (Å²) in [5.74, 6) is 0.103. The molecule has 0 unspecified atom stereocenters. The van der Waals surface area contributed by atoms with E-state index in [1.807, 2.05) is 12.1 Å². The number of carbonyl (C=O) groups excluding carboxylic acids is 1. The summed E-state index contributed by atoms with van der Waals surface area (Å²) < 4.78 is 33.5. The second-order valence-electron chi connectivity index (χ2n) is 7.45. The minimum absolute atomic E-state index is 0.0285. The molecule has 0 atom stereocenters. The van der Waals surface area contributed by atoms with Crippen LogP contribution in [0.4, 0.5) is 11.4 Å². The van der Waals surface area contributed by atoms with Crippen LogP contribution in [0.15, 0.2) is 77.7 Å². The van der Waals surface area contributed by atoms with Crippen molar-refractivity contribution in [2.75, 3.05) is 30.2 Å². The Hall–Kier alpha value is -3.36. The maximum absolute atomic E-state index is 12.9. The number of rotatable bonds is 10. The van der Waals surface area contributed by atoms with E-state index in [1.54, 1.807) is 48.5 Å². The molecule has 3 rings (SSSR count). The van der Waals surface area contributed by atoms with Gasteiger partial charge in [-0.15, -0.1) is 0 Å². The average molecular weight is 468 g/mol. The fraction of sp³-hybridized carbons (Fsp3) is 0.240. The Morgan fingerprint density at radius 2 is 1.64 bits per heavy atom. The maximum Gasteiger partial charge on any atom is 0.262 e. The van der Waals surface area contributed by atoms with E-state index in [-0.39, 0.29) is 10.8 Å². The second-order valence-corrected chi connectivity index (χ2v) is 9.13. The summed E-state index contributed by atoms with van der Waals surface area (Å²) in [6.07, 6.45) is 0. The average Bonchev–Trinajstić information content (AvgIpc) is 2.83. The Kier molecular flexibility index (Phi) is 8.08. The van der Waals surface area contributed by atoms with Crippen LogP contribution in [0.3, 0.4) is 0 Å². The molecule has 0 aliphatic heterocycles. The van der Waals surface area contributed by atoms with Crippen LogP contribution in [-0.4, -0.2) is 39.4 Å². The van der Waals surface area contributed by atoms with Gasteiger partial charge in [0.25, 0.3) is 15.9 Å². The Balaban J connectivity index is 1.72. The van der Waals surface area contributed by atoms with Gasteiger partial charge in [0, 0.05) is 17.8 Å². The molecule has 174 valence electrons. The second kappa shape index (κ2) is 11.0. The van der Waals surface area contributed by atoms with Gasteiger partial charge in [-0.25, -0.2) is 8.42 Å². The van der Waals surface area contributed by atoms with Crippen LogP contribution in [0.1, 0.15) is 29.8 Å². The Morgan fingerprint density at radius 1 is 0.939 bits per heavy atom. The molecule has 0 aromatic heterocycles. The third kappa shape index (κ3) is 6.34. The van der Waals surface area contributed by atoms with Gasteiger partial charge in [-0.3, -0.25) is 14.4 Å². The molecule has 0 radical (unpaired) electrons. The molecule has 0 aliphatic rings. The normalized spacial score (nSPS) is 11.3. The maximum atomic E-state index is 12.9. The SMILES string of the molecule is CCN(CC)Cc1ccc(C(=O)Nc2cccc(S(=O)(=O)Nc3ccccc3OC)c2)cc1. The largest absolute Gasteiger partial charge is 0.495 e. The molecule has 3 aromatic rings. The standard InChI is InChI=1S/C25H29N3O4S/c1-4-28(5-2)18-19-13-15-20(16-14-19)25(29)26-21-9-8-10-22(17-21)33(30,31)27-23-11-6-7-12-24(23)32-3/h6-17,27H,4-5,18H2,1-3H3,(H,26,29). The number of benzene rings is 3. The van der Waals surface area contributed by atoms with Crippen LogP contribution in [0.25, 0.3) is 0 Å². The topological polar surface area (TPSA) is 87.7 Å². The molecule has 0 spiro atoms. The van der Waals surface area contributed by atoms with Crippen LogP contribution in [0.5, 0.6) is 5.75 Å². The fourth-order valence-corrected chi connectivity index (χ4v) is 4.46. The Bertz CT molecular complexity index is 1190. The number of nitrogens with zero attached hydrogens (tertiary/aromatic N) is 1. The first-order chi connectivity index (χ1) is 15.9.